The fourth-order valence-electron chi connectivity index (χ4n) is 3.47. The van der Waals surface area contributed by atoms with E-state index in [1.54, 1.807) is 0 Å². The zero-order valence-electron chi connectivity index (χ0n) is 11.5. The van der Waals surface area contributed by atoms with Crippen molar-refractivity contribution in [3.8, 4) is 0 Å². The van der Waals surface area contributed by atoms with Crippen molar-refractivity contribution in [1.29, 1.82) is 0 Å². The molecule has 0 saturated carbocycles. The van der Waals surface area contributed by atoms with Crippen molar-refractivity contribution < 1.29 is 14.6 Å². The van der Waals surface area contributed by atoms with Crippen LogP contribution in [-0.4, -0.2) is 54.7 Å². The normalized spacial score (nSPS) is 41.3. The average Bonchev–Trinajstić information content (AvgIpc) is 2.48. The second-order valence-corrected chi connectivity index (χ2v) is 5.95. The molecule has 0 radical (unpaired) electrons. The van der Waals surface area contributed by atoms with Gasteiger partial charge in [-0.25, -0.2) is 0 Å². The summed E-state index contributed by atoms with van der Waals surface area (Å²) in [6.07, 6.45) is 9.64. The van der Waals surface area contributed by atoms with Gasteiger partial charge in [-0.1, -0.05) is 12.2 Å². The van der Waals surface area contributed by atoms with Gasteiger partial charge in [0.1, 0.15) is 6.23 Å². The Morgan fingerprint density at radius 2 is 1.95 bits per heavy atom. The number of nitrogens with zero attached hydrogens (tertiary/aromatic N) is 1. The second kappa shape index (κ2) is 6.35. The van der Waals surface area contributed by atoms with Crippen LogP contribution < -0.4 is 0 Å². The van der Waals surface area contributed by atoms with E-state index in [1.165, 1.54) is 6.42 Å². The van der Waals surface area contributed by atoms with Gasteiger partial charge in [-0.15, -0.1) is 0 Å². The number of morpholine rings is 1. The maximum Gasteiger partial charge on any atom is 0.113 e. The van der Waals surface area contributed by atoms with Crippen molar-refractivity contribution in [3.05, 3.63) is 12.2 Å². The third-order valence-electron chi connectivity index (χ3n) is 4.60. The van der Waals surface area contributed by atoms with Gasteiger partial charge in [-0.3, -0.25) is 4.90 Å². The molecular formula is C15H25NO3. The van der Waals surface area contributed by atoms with Crippen LogP contribution >= 0.6 is 0 Å². The lowest BCUT2D eigenvalue weighted by Gasteiger charge is -2.43. The number of aliphatic hydroxyl groups is 1. The fraction of sp³-hybridized carbons (Fsp3) is 0.867. The lowest BCUT2D eigenvalue weighted by atomic mass is 9.85. The van der Waals surface area contributed by atoms with E-state index in [1.807, 2.05) is 0 Å². The highest BCUT2D eigenvalue weighted by atomic mass is 16.5. The Labute approximate surface area is 115 Å². The van der Waals surface area contributed by atoms with E-state index in [9.17, 15) is 5.11 Å². The highest BCUT2D eigenvalue weighted by Crippen LogP contribution is 2.32. The van der Waals surface area contributed by atoms with Gasteiger partial charge in [0.15, 0.2) is 0 Å². The molecule has 0 bridgehead atoms. The summed E-state index contributed by atoms with van der Waals surface area (Å²) in [5, 5.41) is 10.2. The molecule has 2 aliphatic heterocycles. The number of rotatable bonds is 2. The average molecular weight is 267 g/mol. The molecule has 0 aromatic carbocycles. The molecule has 108 valence electrons. The molecule has 1 aliphatic carbocycles. The summed E-state index contributed by atoms with van der Waals surface area (Å²) in [7, 11) is 0. The van der Waals surface area contributed by atoms with E-state index in [-0.39, 0.29) is 18.4 Å². The topological polar surface area (TPSA) is 41.9 Å². The molecule has 2 fully saturated rings. The minimum Gasteiger partial charge on any atom is -0.393 e. The molecule has 3 rings (SSSR count). The number of hydrogen-bond acceptors (Lipinski definition) is 4. The highest BCUT2D eigenvalue weighted by Gasteiger charge is 2.36. The molecule has 2 saturated heterocycles. The van der Waals surface area contributed by atoms with Crippen molar-refractivity contribution in [2.75, 3.05) is 26.3 Å². The van der Waals surface area contributed by atoms with Gasteiger partial charge in [0.2, 0.25) is 0 Å². The van der Waals surface area contributed by atoms with Gasteiger partial charge in [-0.05, 0) is 25.2 Å². The van der Waals surface area contributed by atoms with Crippen LogP contribution in [0.1, 0.15) is 32.1 Å². The van der Waals surface area contributed by atoms with Crippen LogP contribution in [-0.2, 0) is 9.47 Å². The van der Waals surface area contributed by atoms with E-state index in [2.05, 4.69) is 17.1 Å². The molecule has 0 amide bonds. The van der Waals surface area contributed by atoms with Crippen LogP contribution in [0.3, 0.4) is 0 Å². The van der Waals surface area contributed by atoms with Gasteiger partial charge in [-0.2, -0.15) is 0 Å². The molecule has 1 N–H and O–H groups in total. The summed E-state index contributed by atoms with van der Waals surface area (Å²) in [6, 6.07) is 0. The SMILES string of the molecule is OC1CC(C2CC=CCC2)OC(N2CCOCC2)C1. The molecule has 4 unspecified atom stereocenters. The number of ether oxygens (including phenoxy) is 2. The van der Waals surface area contributed by atoms with Gasteiger partial charge >= 0.3 is 0 Å². The highest BCUT2D eigenvalue weighted by molar-refractivity contribution is 4.94. The Morgan fingerprint density at radius 3 is 2.68 bits per heavy atom. The van der Waals surface area contributed by atoms with Crippen LogP contribution in [0.15, 0.2) is 12.2 Å². The first-order chi connectivity index (χ1) is 9.33. The molecule has 4 heteroatoms. The smallest absolute Gasteiger partial charge is 0.113 e. The van der Waals surface area contributed by atoms with E-state index in [4.69, 9.17) is 9.47 Å². The zero-order chi connectivity index (χ0) is 13.1. The quantitative estimate of drug-likeness (QED) is 0.771. The van der Waals surface area contributed by atoms with E-state index < -0.39 is 0 Å². The Morgan fingerprint density at radius 1 is 1.11 bits per heavy atom. The van der Waals surface area contributed by atoms with Crippen molar-refractivity contribution >= 4 is 0 Å². The molecule has 19 heavy (non-hydrogen) atoms. The third kappa shape index (κ3) is 3.37. The van der Waals surface area contributed by atoms with Crippen LogP contribution in [0, 0.1) is 5.92 Å². The second-order valence-electron chi connectivity index (χ2n) is 5.95. The molecule has 4 atom stereocenters. The zero-order valence-corrected chi connectivity index (χ0v) is 11.5. The predicted molar refractivity (Wildman–Crippen MR) is 72.8 cm³/mol. The van der Waals surface area contributed by atoms with Crippen molar-refractivity contribution in [2.45, 2.75) is 50.5 Å². The Bertz CT molecular complexity index is 315. The molecule has 3 aliphatic rings. The molecule has 0 spiro atoms. The van der Waals surface area contributed by atoms with Gasteiger partial charge in [0, 0.05) is 25.9 Å². The van der Waals surface area contributed by atoms with Crippen LogP contribution in [0.2, 0.25) is 0 Å². The summed E-state index contributed by atoms with van der Waals surface area (Å²) in [4.78, 5) is 2.33. The Hall–Kier alpha value is -0.420. The van der Waals surface area contributed by atoms with E-state index >= 15 is 0 Å². The monoisotopic (exact) mass is 267 g/mol. The minimum atomic E-state index is -0.211. The molecule has 4 nitrogen and oxygen atoms in total. The lowest BCUT2D eigenvalue weighted by molar-refractivity contribution is -0.187. The Balaban J connectivity index is 1.61. The summed E-state index contributed by atoms with van der Waals surface area (Å²) < 4.78 is 11.7. The minimum absolute atomic E-state index is 0.0866. The summed E-state index contributed by atoms with van der Waals surface area (Å²) in [5.41, 5.74) is 0. The largest absolute Gasteiger partial charge is 0.393 e. The molecular weight excluding hydrogens is 242 g/mol. The maximum absolute atomic E-state index is 10.2. The third-order valence-corrected chi connectivity index (χ3v) is 4.60. The summed E-state index contributed by atoms with van der Waals surface area (Å²) in [6.45, 7) is 3.42. The van der Waals surface area contributed by atoms with Crippen molar-refractivity contribution in [1.82, 2.24) is 4.90 Å². The predicted octanol–water partition coefficient (Wildman–Crippen LogP) is 1.54. The van der Waals surface area contributed by atoms with E-state index in [0.29, 0.717) is 5.92 Å². The fourth-order valence-corrected chi connectivity index (χ4v) is 3.47. The molecule has 2 heterocycles. The van der Waals surface area contributed by atoms with Crippen molar-refractivity contribution in [2.24, 2.45) is 5.92 Å². The standard InChI is InChI=1S/C15H25NO3/c17-13-10-14(12-4-2-1-3-5-12)19-15(11-13)16-6-8-18-9-7-16/h1-2,12-15,17H,3-11H2. The first-order valence-electron chi connectivity index (χ1n) is 7.63. The van der Waals surface area contributed by atoms with Crippen LogP contribution in [0.25, 0.3) is 0 Å². The summed E-state index contributed by atoms with van der Waals surface area (Å²) in [5.74, 6) is 0.587. The van der Waals surface area contributed by atoms with E-state index in [0.717, 1.165) is 52.0 Å². The Kier molecular flexibility index (Phi) is 4.53. The first kappa shape index (κ1) is 13.6. The number of aliphatic hydroxyl groups excluding tert-OH is 1. The van der Waals surface area contributed by atoms with Crippen molar-refractivity contribution in [3.63, 3.8) is 0 Å². The first-order valence-corrected chi connectivity index (χ1v) is 7.63. The lowest BCUT2D eigenvalue weighted by Crippen LogP contribution is -2.51. The van der Waals surface area contributed by atoms with Crippen LogP contribution in [0.4, 0.5) is 0 Å². The molecule has 0 aromatic rings. The molecule has 0 aromatic heterocycles. The van der Waals surface area contributed by atoms with Crippen LogP contribution in [0.5, 0.6) is 0 Å². The maximum atomic E-state index is 10.2. The number of hydrogen-bond donors (Lipinski definition) is 1. The van der Waals surface area contributed by atoms with Gasteiger partial charge in [0.25, 0.3) is 0 Å². The van der Waals surface area contributed by atoms with Gasteiger partial charge < -0.3 is 14.6 Å². The number of allylic oxidation sites excluding steroid dienone is 2. The van der Waals surface area contributed by atoms with Gasteiger partial charge in [0.05, 0.1) is 25.4 Å². The summed E-state index contributed by atoms with van der Waals surface area (Å²) >= 11 is 0.